The highest BCUT2D eigenvalue weighted by Crippen LogP contribution is 2.39. The number of Topliss-reactive ketones (excluding diaryl/α,β-unsaturated/α-hetero) is 1. The summed E-state index contributed by atoms with van der Waals surface area (Å²) in [6.07, 6.45) is 7.20. The summed E-state index contributed by atoms with van der Waals surface area (Å²) in [6.45, 7) is 7.43. The Bertz CT molecular complexity index is 314. The first-order chi connectivity index (χ1) is 8.35. The number of ketones is 1. The van der Waals surface area contributed by atoms with Gasteiger partial charge in [-0.1, -0.05) is 19.1 Å². The van der Waals surface area contributed by atoms with Crippen LogP contribution in [0.2, 0.25) is 0 Å². The number of ether oxygens (including phenoxy) is 1. The van der Waals surface area contributed by atoms with E-state index >= 15 is 0 Å². The topological polar surface area (TPSA) is 46.5 Å². The van der Waals surface area contributed by atoms with Crippen LogP contribution in [0.15, 0.2) is 12.2 Å². The SMILES string of the molecule is C/C=C\CCC(=O)[C@]1(CC)CC[C@H](C(C)(C)O)O1. The molecular weight excluding hydrogens is 228 g/mol. The lowest BCUT2D eigenvalue weighted by Gasteiger charge is -2.31. The standard InChI is InChI=1S/C15H26O3/c1-5-7-8-9-12(16)15(6-2)11-10-13(18-15)14(3,4)17/h5,7,13,17H,6,8-11H2,1-4H3/b7-5-/t13-,15+/m1/s1. The largest absolute Gasteiger partial charge is 0.388 e. The van der Waals surface area contributed by atoms with Crippen LogP contribution in [0.1, 0.15) is 59.8 Å². The fourth-order valence-electron chi connectivity index (χ4n) is 2.52. The zero-order valence-electron chi connectivity index (χ0n) is 12.0. The van der Waals surface area contributed by atoms with E-state index in [4.69, 9.17) is 4.74 Å². The van der Waals surface area contributed by atoms with Crippen LogP contribution in [-0.2, 0) is 9.53 Å². The second kappa shape index (κ2) is 5.98. The monoisotopic (exact) mass is 254 g/mol. The fraction of sp³-hybridized carbons (Fsp3) is 0.800. The van der Waals surface area contributed by atoms with Crippen LogP contribution >= 0.6 is 0 Å². The van der Waals surface area contributed by atoms with Crippen molar-refractivity contribution in [1.29, 1.82) is 0 Å². The molecule has 1 aliphatic rings. The van der Waals surface area contributed by atoms with E-state index < -0.39 is 11.2 Å². The first-order valence-corrected chi connectivity index (χ1v) is 6.90. The van der Waals surface area contributed by atoms with Gasteiger partial charge in [0.05, 0.1) is 11.7 Å². The van der Waals surface area contributed by atoms with Crippen LogP contribution in [0, 0.1) is 0 Å². The molecule has 0 bridgehead atoms. The van der Waals surface area contributed by atoms with Crippen LogP contribution in [0.4, 0.5) is 0 Å². The minimum atomic E-state index is -0.874. The van der Waals surface area contributed by atoms with Crippen LogP contribution < -0.4 is 0 Å². The van der Waals surface area contributed by atoms with Gasteiger partial charge in [0.25, 0.3) is 0 Å². The maximum atomic E-state index is 12.3. The highest BCUT2D eigenvalue weighted by molar-refractivity contribution is 5.87. The molecule has 0 aliphatic carbocycles. The van der Waals surface area contributed by atoms with E-state index in [0.29, 0.717) is 12.8 Å². The van der Waals surface area contributed by atoms with Crippen LogP contribution in [-0.4, -0.2) is 28.2 Å². The molecule has 1 rings (SSSR count). The minimum Gasteiger partial charge on any atom is -0.388 e. The Kier molecular flexibility index (Phi) is 5.11. The number of hydrogen-bond acceptors (Lipinski definition) is 3. The number of rotatable bonds is 6. The Morgan fingerprint density at radius 3 is 2.67 bits per heavy atom. The Morgan fingerprint density at radius 2 is 2.22 bits per heavy atom. The summed E-state index contributed by atoms with van der Waals surface area (Å²) in [7, 11) is 0. The molecule has 0 radical (unpaired) electrons. The molecular formula is C15H26O3. The molecule has 0 unspecified atom stereocenters. The maximum absolute atomic E-state index is 12.3. The highest BCUT2D eigenvalue weighted by Gasteiger charge is 2.48. The molecule has 1 fully saturated rings. The molecule has 0 amide bonds. The number of hydrogen-bond donors (Lipinski definition) is 1. The fourth-order valence-corrected chi connectivity index (χ4v) is 2.52. The van der Waals surface area contributed by atoms with Gasteiger partial charge in [-0.2, -0.15) is 0 Å². The van der Waals surface area contributed by atoms with Crippen molar-refractivity contribution in [3.05, 3.63) is 12.2 Å². The lowest BCUT2D eigenvalue weighted by atomic mass is 9.88. The van der Waals surface area contributed by atoms with E-state index in [1.807, 2.05) is 26.0 Å². The molecule has 1 saturated heterocycles. The van der Waals surface area contributed by atoms with Crippen molar-refractivity contribution in [2.45, 2.75) is 77.1 Å². The Labute approximate surface area is 110 Å². The summed E-state index contributed by atoms with van der Waals surface area (Å²) in [5, 5.41) is 9.99. The van der Waals surface area contributed by atoms with Gasteiger partial charge in [0, 0.05) is 6.42 Å². The average molecular weight is 254 g/mol. The van der Waals surface area contributed by atoms with Gasteiger partial charge in [-0.05, 0) is 46.5 Å². The first kappa shape index (κ1) is 15.4. The van der Waals surface area contributed by atoms with Gasteiger partial charge in [-0.15, -0.1) is 0 Å². The van der Waals surface area contributed by atoms with Crippen LogP contribution in [0.5, 0.6) is 0 Å². The Morgan fingerprint density at radius 1 is 1.56 bits per heavy atom. The minimum absolute atomic E-state index is 0.176. The third-order valence-corrected chi connectivity index (χ3v) is 3.82. The van der Waals surface area contributed by atoms with Crippen molar-refractivity contribution < 1.29 is 14.6 Å². The second-order valence-electron chi connectivity index (χ2n) is 5.68. The average Bonchev–Trinajstić information content (AvgIpc) is 2.74. The molecule has 1 aliphatic heterocycles. The molecule has 0 aromatic carbocycles. The van der Waals surface area contributed by atoms with Crippen molar-refractivity contribution >= 4 is 5.78 Å². The summed E-state index contributed by atoms with van der Waals surface area (Å²) >= 11 is 0. The Balaban J connectivity index is 2.68. The predicted molar refractivity (Wildman–Crippen MR) is 72.5 cm³/mol. The molecule has 2 atom stereocenters. The van der Waals surface area contributed by atoms with E-state index in [9.17, 15) is 9.90 Å². The van der Waals surface area contributed by atoms with Gasteiger partial charge in [0.2, 0.25) is 0 Å². The third-order valence-electron chi connectivity index (χ3n) is 3.82. The molecule has 3 heteroatoms. The van der Waals surface area contributed by atoms with Gasteiger partial charge in [-0.25, -0.2) is 0 Å². The lowest BCUT2D eigenvalue weighted by molar-refractivity contribution is -0.156. The summed E-state index contributed by atoms with van der Waals surface area (Å²) in [5.41, 5.74) is -1.53. The van der Waals surface area contributed by atoms with E-state index in [2.05, 4.69) is 0 Å². The Hall–Kier alpha value is -0.670. The molecule has 18 heavy (non-hydrogen) atoms. The maximum Gasteiger partial charge on any atom is 0.164 e. The van der Waals surface area contributed by atoms with Crippen molar-refractivity contribution in [1.82, 2.24) is 0 Å². The third kappa shape index (κ3) is 3.42. The van der Waals surface area contributed by atoms with Gasteiger partial charge >= 0.3 is 0 Å². The van der Waals surface area contributed by atoms with Crippen molar-refractivity contribution in [2.75, 3.05) is 0 Å². The van der Waals surface area contributed by atoms with Gasteiger partial charge < -0.3 is 9.84 Å². The van der Waals surface area contributed by atoms with Crippen LogP contribution in [0.25, 0.3) is 0 Å². The smallest absolute Gasteiger partial charge is 0.164 e. The lowest BCUT2D eigenvalue weighted by Crippen LogP contribution is -2.43. The zero-order chi connectivity index (χ0) is 13.8. The molecule has 0 aromatic rings. The number of aliphatic hydroxyl groups is 1. The van der Waals surface area contributed by atoms with Crippen LogP contribution in [0.3, 0.4) is 0 Å². The van der Waals surface area contributed by atoms with Gasteiger partial charge in [-0.3, -0.25) is 4.79 Å². The molecule has 3 nitrogen and oxygen atoms in total. The van der Waals surface area contributed by atoms with E-state index in [1.165, 1.54) is 0 Å². The molecule has 104 valence electrons. The molecule has 0 spiro atoms. The zero-order valence-corrected chi connectivity index (χ0v) is 12.0. The van der Waals surface area contributed by atoms with Crippen molar-refractivity contribution in [2.24, 2.45) is 0 Å². The molecule has 1 N–H and O–H groups in total. The van der Waals surface area contributed by atoms with Gasteiger partial charge in [0.1, 0.15) is 5.60 Å². The number of carbonyl (C=O) groups is 1. The first-order valence-electron chi connectivity index (χ1n) is 6.90. The number of allylic oxidation sites excluding steroid dienone is 2. The summed E-state index contributed by atoms with van der Waals surface area (Å²) in [5.74, 6) is 0.176. The summed E-state index contributed by atoms with van der Waals surface area (Å²) in [6, 6.07) is 0. The second-order valence-corrected chi connectivity index (χ2v) is 5.68. The summed E-state index contributed by atoms with van der Waals surface area (Å²) < 4.78 is 5.93. The molecule has 1 heterocycles. The molecule has 0 aromatic heterocycles. The van der Waals surface area contributed by atoms with E-state index in [-0.39, 0.29) is 11.9 Å². The predicted octanol–water partition coefficient (Wildman–Crippen LogP) is 3.01. The quantitative estimate of drug-likeness (QED) is 0.741. The van der Waals surface area contributed by atoms with Crippen molar-refractivity contribution in [3.63, 3.8) is 0 Å². The van der Waals surface area contributed by atoms with E-state index in [1.54, 1.807) is 13.8 Å². The highest BCUT2D eigenvalue weighted by atomic mass is 16.5. The van der Waals surface area contributed by atoms with E-state index in [0.717, 1.165) is 19.3 Å². The molecule has 0 saturated carbocycles. The summed E-state index contributed by atoms with van der Waals surface area (Å²) in [4.78, 5) is 12.3. The normalized spacial score (nSPS) is 29.1. The van der Waals surface area contributed by atoms with Gasteiger partial charge in [0.15, 0.2) is 5.78 Å². The van der Waals surface area contributed by atoms with Crippen molar-refractivity contribution in [3.8, 4) is 0 Å². The number of carbonyl (C=O) groups excluding carboxylic acids is 1.